The van der Waals surface area contributed by atoms with E-state index < -0.39 is 0 Å². The molecule has 23 heavy (non-hydrogen) atoms. The number of aryl methyl sites for hydroxylation is 1. The van der Waals surface area contributed by atoms with E-state index in [1.807, 2.05) is 0 Å². The van der Waals surface area contributed by atoms with Crippen LogP contribution in [-0.2, 0) is 18.4 Å². The number of imidazole rings is 1. The van der Waals surface area contributed by atoms with Crippen molar-refractivity contribution in [2.45, 2.75) is 58.5 Å². The predicted octanol–water partition coefficient (Wildman–Crippen LogP) is 3.12. The standard InChI is InChI=1S/C19H29N3O/c1-5-22-13-17(21-18(22)19(2,3)4)15-8-6-14(7-9-15)12-16(20)10-11-23/h6-9,13,16,23H,5,10-12,20H2,1-4H3. The lowest BCUT2D eigenvalue weighted by Gasteiger charge is -2.18. The summed E-state index contributed by atoms with van der Waals surface area (Å²) in [5.74, 6) is 1.11. The van der Waals surface area contributed by atoms with E-state index in [1.165, 1.54) is 5.56 Å². The Hall–Kier alpha value is -1.65. The minimum Gasteiger partial charge on any atom is -0.396 e. The molecule has 0 spiro atoms. The highest BCUT2D eigenvalue weighted by Crippen LogP contribution is 2.26. The lowest BCUT2D eigenvalue weighted by Crippen LogP contribution is -2.23. The van der Waals surface area contributed by atoms with Gasteiger partial charge in [0.25, 0.3) is 0 Å². The summed E-state index contributed by atoms with van der Waals surface area (Å²) in [7, 11) is 0. The Morgan fingerprint density at radius 2 is 1.87 bits per heavy atom. The van der Waals surface area contributed by atoms with Crippen LogP contribution in [-0.4, -0.2) is 27.3 Å². The molecule has 0 radical (unpaired) electrons. The van der Waals surface area contributed by atoms with E-state index in [-0.39, 0.29) is 18.1 Å². The zero-order valence-corrected chi connectivity index (χ0v) is 14.7. The van der Waals surface area contributed by atoms with Crippen molar-refractivity contribution >= 4 is 0 Å². The number of hydrogen-bond acceptors (Lipinski definition) is 3. The molecule has 126 valence electrons. The summed E-state index contributed by atoms with van der Waals surface area (Å²) in [6.07, 6.45) is 3.56. The summed E-state index contributed by atoms with van der Waals surface area (Å²) in [5, 5.41) is 8.93. The molecule has 4 heteroatoms. The topological polar surface area (TPSA) is 64.1 Å². The second-order valence-corrected chi connectivity index (χ2v) is 7.16. The van der Waals surface area contributed by atoms with Crippen LogP contribution in [0.3, 0.4) is 0 Å². The number of hydrogen-bond donors (Lipinski definition) is 2. The molecule has 0 aliphatic heterocycles. The second kappa shape index (κ2) is 7.28. The molecule has 0 saturated carbocycles. The summed E-state index contributed by atoms with van der Waals surface area (Å²) in [4.78, 5) is 4.85. The summed E-state index contributed by atoms with van der Waals surface area (Å²) in [6, 6.07) is 8.44. The van der Waals surface area contributed by atoms with Gasteiger partial charge < -0.3 is 15.4 Å². The lowest BCUT2D eigenvalue weighted by atomic mass is 9.95. The van der Waals surface area contributed by atoms with Crippen LogP contribution < -0.4 is 5.73 Å². The van der Waals surface area contributed by atoms with Crippen LogP contribution in [0.15, 0.2) is 30.5 Å². The van der Waals surface area contributed by atoms with Crippen molar-refractivity contribution < 1.29 is 5.11 Å². The third kappa shape index (κ3) is 4.43. The molecule has 0 bridgehead atoms. The van der Waals surface area contributed by atoms with Crippen molar-refractivity contribution in [3.8, 4) is 11.3 Å². The van der Waals surface area contributed by atoms with Gasteiger partial charge in [0.05, 0.1) is 5.69 Å². The Morgan fingerprint density at radius 3 is 2.35 bits per heavy atom. The zero-order valence-electron chi connectivity index (χ0n) is 14.7. The first-order valence-corrected chi connectivity index (χ1v) is 8.38. The Balaban J connectivity index is 2.21. The van der Waals surface area contributed by atoms with Crippen LogP contribution in [0.5, 0.6) is 0 Å². The number of aliphatic hydroxyl groups is 1. The molecule has 2 rings (SSSR count). The predicted molar refractivity (Wildman–Crippen MR) is 95.4 cm³/mol. The number of aromatic nitrogens is 2. The minimum absolute atomic E-state index is 0.0117. The fraction of sp³-hybridized carbons (Fsp3) is 0.526. The number of nitrogens with two attached hydrogens (primary N) is 1. The molecule has 1 aromatic heterocycles. The van der Waals surface area contributed by atoms with Crippen LogP contribution >= 0.6 is 0 Å². The molecule has 1 aromatic carbocycles. The van der Waals surface area contributed by atoms with Crippen molar-refractivity contribution in [3.63, 3.8) is 0 Å². The number of rotatable bonds is 6. The molecule has 3 N–H and O–H groups in total. The third-order valence-corrected chi connectivity index (χ3v) is 4.04. The summed E-state index contributed by atoms with van der Waals surface area (Å²) in [6.45, 7) is 9.79. The summed E-state index contributed by atoms with van der Waals surface area (Å²) in [5.41, 5.74) is 9.35. The van der Waals surface area contributed by atoms with Crippen LogP contribution in [0.4, 0.5) is 0 Å². The van der Waals surface area contributed by atoms with E-state index in [2.05, 4.69) is 62.7 Å². The minimum atomic E-state index is 0.0117. The molecule has 0 saturated heterocycles. The van der Waals surface area contributed by atoms with Gasteiger partial charge in [-0.15, -0.1) is 0 Å². The van der Waals surface area contributed by atoms with Crippen molar-refractivity contribution in [1.82, 2.24) is 9.55 Å². The molecule has 0 aliphatic rings. The quantitative estimate of drug-likeness (QED) is 0.861. The van der Waals surface area contributed by atoms with Gasteiger partial charge in [-0.3, -0.25) is 0 Å². The largest absolute Gasteiger partial charge is 0.396 e. The smallest absolute Gasteiger partial charge is 0.114 e. The number of nitrogens with zero attached hydrogens (tertiary/aromatic N) is 2. The maximum absolute atomic E-state index is 8.93. The van der Waals surface area contributed by atoms with Gasteiger partial charge in [-0.05, 0) is 25.3 Å². The molecule has 0 aliphatic carbocycles. The summed E-state index contributed by atoms with van der Waals surface area (Å²) >= 11 is 0. The van der Waals surface area contributed by atoms with E-state index in [0.29, 0.717) is 6.42 Å². The molecular weight excluding hydrogens is 286 g/mol. The SMILES string of the molecule is CCn1cc(-c2ccc(CC(N)CCO)cc2)nc1C(C)(C)C. The molecule has 0 amide bonds. The van der Waals surface area contributed by atoms with Crippen molar-refractivity contribution in [3.05, 3.63) is 41.9 Å². The van der Waals surface area contributed by atoms with Crippen LogP contribution in [0.25, 0.3) is 11.3 Å². The van der Waals surface area contributed by atoms with Crippen molar-refractivity contribution in [2.24, 2.45) is 5.73 Å². The van der Waals surface area contributed by atoms with Crippen molar-refractivity contribution in [1.29, 1.82) is 0 Å². The first-order chi connectivity index (χ1) is 10.8. The fourth-order valence-electron chi connectivity index (χ4n) is 2.78. The van der Waals surface area contributed by atoms with Crippen LogP contribution in [0, 0.1) is 0 Å². The lowest BCUT2D eigenvalue weighted by molar-refractivity contribution is 0.275. The maximum atomic E-state index is 8.93. The van der Waals surface area contributed by atoms with Gasteiger partial charge in [0.1, 0.15) is 5.82 Å². The van der Waals surface area contributed by atoms with Gasteiger partial charge in [-0.1, -0.05) is 45.0 Å². The van der Waals surface area contributed by atoms with Crippen LogP contribution in [0.1, 0.15) is 45.5 Å². The van der Waals surface area contributed by atoms with E-state index >= 15 is 0 Å². The first-order valence-electron chi connectivity index (χ1n) is 8.38. The molecule has 1 unspecified atom stereocenters. The number of benzene rings is 1. The highest BCUT2D eigenvalue weighted by molar-refractivity contribution is 5.59. The Kier molecular flexibility index (Phi) is 5.60. The molecule has 1 heterocycles. The zero-order chi connectivity index (χ0) is 17.0. The average Bonchev–Trinajstić information content (AvgIpc) is 2.92. The third-order valence-electron chi connectivity index (χ3n) is 4.04. The second-order valence-electron chi connectivity index (χ2n) is 7.16. The highest BCUT2D eigenvalue weighted by Gasteiger charge is 2.21. The van der Waals surface area contributed by atoms with Gasteiger partial charge in [-0.25, -0.2) is 4.98 Å². The van der Waals surface area contributed by atoms with E-state index in [1.54, 1.807) is 0 Å². The van der Waals surface area contributed by atoms with Gasteiger partial charge in [0.2, 0.25) is 0 Å². The molecule has 2 aromatic rings. The molecule has 0 fully saturated rings. The normalized spacial score (nSPS) is 13.3. The maximum Gasteiger partial charge on any atom is 0.114 e. The molecule has 1 atom stereocenters. The van der Waals surface area contributed by atoms with Gasteiger partial charge >= 0.3 is 0 Å². The Morgan fingerprint density at radius 1 is 1.22 bits per heavy atom. The first kappa shape index (κ1) is 17.7. The fourth-order valence-corrected chi connectivity index (χ4v) is 2.78. The monoisotopic (exact) mass is 315 g/mol. The molecule has 4 nitrogen and oxygen atoms in total. The Labute approximate surface area is 139 Å². The van der Waals surface area contributed by atoms with Gasteiger partial charge in [-0.2, -0.15) is 0 Å². The number of aliphatic hydroxyl groups excluding tert-OH is 1. The van der Waals surface area contributed by atoms with Crippen LogP contribution in [0.2, 0.25) is 0 Å². The average molecular weight is 315 g/mol. The Bertz CT molecular complexity index is 623. The van der Waals surface area contributed by atoms with E-state index in [9.17, 15) is 0 Å². The molecular formula is C19H29N3O. The van der Waals surface area contributed by atoms with Crippen molar-refractivity contribution in [2.75, 3.05) is 6.61 Å². The van der Waals surface area contributed by atoms with Gasteiger partial charge in [0, 0.05) is 36.4 Å². The highest BCUT2D eigenvalue weighted by atomic mass is 16.3. The van der Waals surface area contributed by atoms with E-state index in [4.69, 9.17) is 15.8 Å². The van der Waals surface area contributed by atoms with Gasteiger partial charge in [0.15, 0.2) is 0 Å². The van der Waals surface area contributed by atoms with E-state index in [0.717, 1.165) is 30.0 Å². The summed E-state index contributed by atoms with van der Waals surface area (Å²) < 4.78 is 2.22.